The van der Waals surface area contributed by atoms with Gasteiger partial charge in [-0.15, -0.1) is 0 Å². The summed E-state index contributed by atoms with van der Waals surface area (Å²) in [6.07, 6.45) is 6.50. The third kappa shape index (κ3) is 2.34. The molecule has 1 aromatic carbocycles. The van der Waals surface area contributed by atoms with E-state index in [1.54, 1.807) is 12.1 Å². The second-order valence-corrected chi connectivity index (χ2v) is 7.61. The molecule has 3 aliphatic carbocycles. The fourth-order valence-corrected chi connectivity index (χ4v) is 5.58. The van der Waals surface area contributed by atoms with E-state index in [1.165, 1.54) is 31.7 Å². The van der Waals surface area contributed by atoms with Crippen LogP contribution < -0.4 is 5.32 Å². The fraction of sp³-hybridized carbons (Fsp3) is 0.611. The molecule has 0 heterocycles. The molecular weight excluding hydrogens is 301 g/mol. The molecule has 0 spiro atoms. The number of nitrogens with one attached hydrogen (secondary N) is 1. The van der Waals surface area contributed by atoms with Crippen LogP contribution in [0.15, 0.2) is 18.2 Å². The minimum absolute atomic E-state index is 0.0352. The number of rotatable bonds is 3. The van der Waals surface area contributed by atoms with Gasteiger partial charge < -0.3 is 5.32 Å². The van der Waals surface area contributed by atoms with Gasteiger partial charge in [-0.25, -0.2) is 4.39 Å². The van der Waals surface area contributed by atoms with E-state index in [9.17, 15) is 9.18 Å². The summed E-state index contributed by atoms with van der Waals surface area (Å²) in [5.41, 5.74) is 0.309. The van der Waals surface area contributed by atoms with E-state index in [4.69, 9.17) is 11.6 Å². The SMILES string of the molecule is O=C(Cc1c(F)cccc1Cl)NC1CC2CC1C1CCCC21. The van der Waals surface area contributed by atoms with Crippen LogP contribution in [-0.2, 0) is 11.2 Å². The Morgan fingerprint density at radius 3 is 2.86 bits per heavy atom. The highest BCUT2D eigenvalue weighted by Crippen LogP contribution is 2.58. The Morgan fingerprint density at radius 2 is 2.05 bits per heavy atom. The van der Waals surface area contributed by atoms with Gasteiger partial charge >= 0.3 is 0 Å². The number of hydrogen-bond acceptors (Lipinski definition) is 1. The molecule has 22 heavy (non-hydrogen) atoms. The first-order valence-corrected chi connectivity index (χ1v) is 8.73. The molecule has 118 valence electrons. The molecule has 0 radical (unpaired) electrons. The number of hydrogen-bond donors (Lipinski definition) is 1. The molecule has 1 N–H and O–H groups in total. The molecule has 3 saturated carbocycles. The minimum Gasteiger partial charge on any atom is -0.353 e. The second kappa shape index (κ2) is 5.52. The van der Waals surface area contributed by atoms with Crippen molar-refractivity contribution in [3.05, 3.63) is 34.6 Å². The first kappa shape index (κ1) is 14.5. The van der Waals surface area contributed by atoms with Gasteiger partial charge in [0.05, 0.1) is 6.42 Å². The van der Waals surface area contributed by atoms with Crippen molar-refractivity contribution < 1.29 is 9.18 Å². The van der Waals surface area contributed by atoms with Gasteiger partial charge in [-0.05, 0) is 61.5 Å². The van der Waals surface area contributed by atoms with Crippen molar-refractivity contribution in [3.8, 4) is 0 Å². The standard InChI is InChI=1S/C18H21ClFNO/c19-15-5-2-6-16(20)14(15)9-18(22)21-17-8-10-7-13(17)12-4-1-3-11(10)12/h2,5-6,10-13,17H,1,3-4,7-9H2,(H,21,22). The quantitative estimate of drug-likeness (QED) is 0.897. The maximum absolute atomic E-state index is 13.8. The van der Waals surface area contributed by atoms with Crippen molar-refractivity contribution in [2.24, 2.45) is 23.7 Å². The monoisotopic (exact) mass is 321 g/mol. The molecule has 3 aliphatic rings. The third-order valence-corrected chi connectivity index (χ3v) is 6.53. The van der Waals surface area contributed by atoms with E-state index in [-0.39, 0.29) is 12.3 Å². The van der Waals surface area contributed by atoms with Crippen LogP contribution >= 0.6 is 11.6 Å². The van der Waals surface area contributed by atoms with Gasteiger partial charge in [0.2, 0.25) is 5.91 Å². The number of benzene rings is 1. The molecule has 1 amide bonds. The van der Waals surface area contributed by atoms with Gasteiger partial charge in [0.1, 0.15) is 5.82 Å². The Kier molecular flexibility index (Phi) is 3.64. The summed E-state index contributed by atoms with van der Waals surface area (Å²) < 4.78 is 13.8. The number of fused-ring (bicyclic) bond motifs is 5. The van der Waals surface area contributed by atoms with E-state index >= 15 is 0 Å². The Bertz CT molecular complexity index is 584. The van der Waals surface area contributed by atoms with E-state index in [1.807, 2.05) is 0 Å². The van der Waals surface area contributed by atoms with Crippen molar-refractivity contribution in [2.45, 2.75) is 44.6 Å². The average molecular weight is 322 g/mol. The molecule has 0 aliphatic heterocycles. The van der Waals surface area contributed by atoms with Crippen molar-refractivity contribution in [1.29, 1.82) is 0 Å². The highest BCUT2D eigenvalue weighted by atomic mass is 35.5. The van der Waals surface area contributed by atoms with Crippen LogP contribution in [0, 0.1) is 29.5 Å². The molecule has 4 rings (SSSR count). The summed E-state index contributed by atoms with van der Waals surface area (Å²) in [6, 6.07) is 4.85. The zero-order chi connectivity index (χ0) is 15.3. The smallest absolute Gasteiger partial charge is 0.224 e. The molecular formula is C18H21ClFNO. The zero-order valence-electron chi connectivity index (χ0n) is 12.5. The summed E-state index contributed by atoms with van der Waals surface area (Å²) in [5, 5.41) is 3.49. The number of carbonyl (C=O) groups excluding carboxylic acids is 1. The Balaban J connectivity index is 1.41. The lowest BCUT2D eigenvalue weighted by atomic mass is 9.79. The maximum atomic E-state index is 13.8. The van der Waals surface area contributed by atoms with Crippen LogP contribution in [0.25, 0.3) is 0 Å². The highest BCUT2D eigenvalue weighted by Gasteiger charge is 2.53. The van der Waals surface area contributed by atoms with Crippen LogP contribution in [0.1, 0.15) is 37.7 Å². The summed E-state index contributed by atoms with van der Waals surface area (Å²) in [6.45, 7) is 0. The Morgan fingerprint density at radius 1 is 1.23 bits per heavy atom. The van der Waals surface area contributed by atoms with Crippen LogP contribution in [0.5, 0.6) is 0 Å². The van der Waals surface area contributed by atoms with Crippen LogP contribution in [0.3, 0.4) is 0 Å². The Hall–Kier alpha value is -1.09. The number of halogens is 2. The summed E-state index contributed by atoms with van der Waals surface area (Å²) >= 11 is 6.01. The van der Waals surface area contributed by atoms with Gasteiger partial charge in [0, 0.05) is 16.6 Å². The molecule has 5 atom stereocenters. The molecule has 2 nitrogen and oxygen atoms in total. The van der Waals surface area contributed by atoms with E-state index < -0.39 is 5.82 Å². The van der Waals surface area contributed by atoms with E-state index in [0.717, 1.165) is 24.2 Å². The van der Waals surface area contributed by atoms with Crippen molar-refractivity contribution in [3.63, 3.8) is 0 Å². The molecule has 5 unspecified atom stereocenters. The van der Waals surface area contributed by atoms with Gasteiger partial charge in [-0.3, -0.25) is 4.79 Å². The predicted molar refractivity (Wildman–Crippen MR) is 84.1 cm³/mol. The lowest BCUT2D eigenvalue weighted by Crippen LogP contribution is -2.43. The summed E-state index contributed by atoms with van der Waals surface area (Å²) in [7, 11) is 0. The lowest BCUT2D eigenvalue weighted by Gasteiger charge is -2.32. The first-order valence-electron chi connectivity index (χ1n) is 8.35. The molecule has 1 aromatic rings. The normalized spacial score (nSPS) is 35.6. The maximum Gasteiger partial charge on any atom is 0.224 e. The number of amides is 1. The van der Waals surface area contributed by atoms with Crippen LogP contribution in [0.2, 0.25) is 5.02 Å². The molecule has 3 fully saturated rings. The van der Waals surface area contributed by atoms with Gasteiger partial charge in [0.15, 0.2) is 0 Å². The van der Waals surface area contributed by atoms with E-state index in [2.05, 4.69) is 5.32 Å². The predicted octanol–water partition coefficient (Wildman–Crippen LogP) is 3.96. The van der Waals surface area contributed by atoms with Gasteiger partial charge in [-0.1, -0.05) is 24.1 Å². The third-order valence-electron chi connectivity index (χ3n) is 6.17. The van der Waals surface area contributed by atoms with Crippen LogP contribution in [-0.4, -0.2) is 11.9 Å². The van der Waals surface area contributed by atoms with Crippen molar-refractivity contribution >= 4 is 17.5 Å². The largest absolute Gasteiger partial charge is 0.353 e. The molecule has 4 heteroatoms. The van der Waals surface area contributed by atoms with Gasteiger partial charge in [-0.2, -0.15) is 0 Å². The second-order valence-electron chi connectivity index (χ2n) is 7.20. The van der Waals surface area contributed by atoms with Gasteiger partial charge in [0.25, 0.3) is 0 Å². The van der Waals surface area contributed by atoms with Crippen molar-refractivity contribution in [1.82, 2.24) is 5.32 Å². The zero-order valence-corrected chi connectivity index (χ0v) is 13.3. The number of carbonyl (C=O) groups is 1. The fourth-order valence-electron chi connectivity index (χ4n) is 5.35. The van der Waals surface area contributed by atoms with Crippen LogP contribution in [0.4, 0.5) is 4.39 Å². The lowest BCUT2D eigenvalue weighted by molar-refractivity contribution is -0.121. The molecule has 2 bridgehead atoms. The van der Waals surface area contributed by atoms with Crippen molar-refractivity contribution in [2.75, 3.05) is 0 Å². The summed E-state index contributed by atoms with van der Waals surface area (Å²) in [5.74, 6) is 2.70. The highest BCUT2D eigenvalue weighted by molar-refractivity contribution is 6.31. The topological polar surface area (TPSA) is 29.1 Å². The summed E-state index contributed by atoms with van der Waals surface area (Å²) in [4.78, 5) is 12.3. The Labute approximate surface area is 135 Å². The first-order chi connectivity index (χ1) is 10.6. The molecule has 0 saturated heterocycles. The average Bonchev–Trinajstić information content (AvgIpc) is 3.15. The molecule has 0 aromatic heterocycles. The minimum atomic E-state index is -0.397. The van der Waals surface area contributed by atoms with E-state index in [0.29, 0.717) is 22.5 Å².